The molecule has 0 aliphatic rings. The number of hydrogen-bond acceptors (Lipinski definition) is 4. The molecule has 2 aromatic rings. The summed E-state index contributed by atoms with van der Waals surface area (Å²) in [6.07, 6.45) is 14.3. The molecule has 4 heteroatoms. The fraction of sp³-hybridized carbons (Fsp3) is 0.267. The predicted octanol–water partition coefficient (Wildman–Crippen LogP) is 8.82. The van der Waals surface area contributed by atoms with Gasteiger partial charge in [0.1, 0.15) is 0 Å². The number of hydrogen-bond donors (Lipinski definition) is 0. The van der Waals surface area contributed by atoms with Gasteiger partial charge in [0.05, 0.1) is 34.2 Å². The van der Waals surface area contributed by atoms with Crippen molar-refractivity contribution in [2.45, 2.75) is 55.4 Å². The van der Waals surface area contributed by atoms with Gasteiger partial charge in [-0.15, -0.1) is 0 Å². The molecular weight excluding hydrogens is 416 g/mol. The molecule has 2 rings (SSSR count). The van der Waals surface area contributed by atoms with Crippen molar-refractivity contribution in [3.05, 3.63) is 110 Å². The quantitative estimate of drug-likeness (QED) is 0.293. The highest BCUT2D eigenvalue weighted by Gasteiger charge is 2.08. The number of rotatable bonds is 8. The molecular formula is C30H42N4. The van der Waals surface area contributed by atoms with Gasteiger partial charge in [0, 0.05) is 12.4 Å². The van der Waals surface area contributed by atoms with Crippen LogP contribution in [-0.2, 0) is 0 Å². The largest absolute Gasteiger partial charge is 0.255 e. The molecule has 0 spiro atoms. The Bertz CT molecular complexity index is 962. The van der Waals surface area contributed by atoms with E-state index in [1.807, 2.05) is 110 Å². The second-order valence-electron chi connectivity index (χ2n) is 5.59. The van der Waals surface area contributed by atoms with Crippen molar-refractivity contribution >= 4 is 11.4 Å². The van der Waals surface area contributed by atoms with Crippen molar-refractivity contribution in [3.63, 3.8) is 0 Å². The highest BCUT2D eigenvalue weighted by Crippen LogP contribution is 2.15. The second-order valence-corrected chi connectivity index (χ2v) is 5.59. The molecule has 0 fully saturated rings. The van der Waals surface area contributed by atoms with Crippen LogP contribution >= 0.6 is 0 Å². The Morgan fingerprint density at radius 3 is 2.09 bits per heavy atom. The molecule has 2 aromatic heterocycles. The van der Waals surface area contributed by atoms with Gasteiger partial charge in [-0.2, -0.15) is 0 Å². The van der Waals surface area contributed by atoms with E-state index in [1.165, 1.54) is 0 Å². The maximum atomic E-state index is 4.79. The summed E-state index contributed by atoms with van der Waals surface area (Å²) in [5, 5.41) is 0. The molecule has 2 heterocycles. The van der Waals surface area contributed by atoms with Crippen LogP contribution in [0.5, 0.6) is 0 Å². The average Bonchev–Trinajstić information content (AvgIpc) is 2.93. The molecule has 0 saturated heterocycles. The topological polar surface area (TPSA) is 50.5 Å². The van der Waals surface area contributed by atoms with Gasteiger partial charge >= 0.3 is 0 Å². The van der Waals surface area contributed by atoms with E-state index in [1.54, 1.807) is 30.6 Å². The first-order valence-electron chi connectivity index (χ1n) is 12.0. The van der Waals surface area contributed by atoms with E-state index in [2.05, 4.69) is 23.1 Å². The average molecular weight is 459 g/mol. The van der Waals surface area contributed by atoms with Crippen LogP contribution in [0.15, 0.2) is 114 Å². The van der Waals surface area contributed by atoms with Gasteiger partial charge in [-0.1, -0.05) is 85.1 Å². The van der Waals surface area contributed by atoms with Crippen LogP contribution in [0.1, 0.15) is 61.1 Å². The Hall–Kier alpha value is -3.66. The number of allylic oxidation sites excluding steroid dienone is 6. The number of aromatic nitrogens is 2. The SMILES string of the molecule is C=C\C=C/N=C(C=C)/C(=C/C)/N=C(\C=C/C)c1cccc(-c2ccccn2)n1.CC.CC.CC. The van der Waals surface area contributed by atoms with E-state index < -0.39 is 0 Å². The summed E-state index contributed by atoms with van der Waals surface area (Å²) in [4.78, 5) is 18.3. The zero-order valence-electron chi connectivity index (χ0n) is 22.3. The summed E-state index contributed by atoms with van der Waals surface area (Å²) in [5.41, 5.74) is 4.48. The van der Waals surface area contributed by atoms with Crippen molar-refractivity contribution in [3.8, 4) is 11.4 Å². The minimum Gasteiger partial charge on any atom is -0.255 e. The van der Waals surface area contributed by atoms with Crippen LogP contribution in [0.3, 0.4) is 0 Å². The fourth-order valence-corrected chi connectivity index (χ4v) is 2.38. The Morgan fingerprint density at radius 1 is 0.882 bits per heavy atom. The molecule has 0 aliphatic heterocycles. The van der Waals surface area contributed by atoms with Gasteiger partial charge in [-0.25, -0.2) is 9.98 Å². The van der Waals surface area contributed by atoms with E-state index in [0.29, 0.717) is 11.4 Å². The lowest BCUT2D eigenvalue weighted by molar-refractivity contribution is 1.23. The Balaban J connectivity index is 0. The molecule has 0 saturated carbocycles. The minimum atomic E-state index is 0.670. The zero-order valence-corrected chi connectivity index (χ0v) is 22.3. The van der Waals surface area contributed by atoms with Crippen molar-refractivity contribution in [1.82, 2.24) is 9.97 Å². The molecule has 0 N–H and O–H groups in total. The minimum absolute atomic E-state index is 0.670. The number of aliphatic imine (C=N–C) groups is 2. The molecule has 34 heavy (non-hydrogen) atoms. The fourth-order valence-electron chi connectivity index (χ4n) is 2.38. The van der Waals surface area contributed by atoms with Crippen molar-refractivity contribution in [2.75, 3.05) is 0 Å². The molecule has 0 amide bonds. The molecule has 0 atom stereocenters. The highest BCUT2D eigenvalue weighted by molar-refractivity contribution is 6.14. The molecule has 0 aromatic carbocycles. The van der Waals surface area contributed by atoms with E-state index in [-0.39, 0.29) is 0 Å². The Labute approximate surface area is 208 Å². The van der Waals surface area contributed by atoms with Gasteiger partial charge in [0.25, 0.3) is 0 Å². The Kier molecular flexibility index (Phi) is 21.5. The van der Waals surface area contributed by atoms with Gasteiger partial charge in [0.2, 0.25) is 0 Å². The van der Waals surface area contributed by atoms with Crippen molar-refractivity contribution < 1.29 is 0 Å². The standard InChI is InChI=1S/C24H24N4.3C2H6/c1-5-9-17-25-19(7-3)20(8-4)27-22(13-6-2)24-16-12-15-23(28-24)21-14-10-11-18-26-21;3*1-2/h5-18H,1,3H2,2,4H3;3*1-2H3/b13-6-,17-9-,20-8-,25-19+,27-22+;;;. The summed E-state index contributed by atoms with van der Waals surface area (Å²) in [6.45, 7) is 23.4. The third-order valence-corrected chi connectivity index (χ3v) is 3.67. The van der Waals surface area contributed by atoms with Crippen LogP contribution in [0.25, 0.3) is 11.4 Å². The van der Waals surface area contributed by atoms with Gasteiger partial charge in [-0.05, 0) is 56.3 Å². The van der Waals surface area contributed by atoms with Crippen LogP contribution in [-0.4, -0.2) is 21.4 Å². The molecule has 0 radical (unpaired) electrons. The molecule has 182 valence electrons. The van der Waals surface area contributed by atoms with Crippen LogP contribution in [0, 0.1) is 0 Å². The third-order valence-electron chi connectivity index (χ3n) is 3.67. The van der Waals surface area contributed by atoms with Crippen LogP contribution < -0.4 is 0 Å². The summed E-state index contributed by atoms with van der Waals surface area (Å²) in [7, 11) is 0. The summed E-state index contributed by atoms with van der Waals surface area (Å²) in [5.74, 6) is 0. The van der Waals surface area contributed by atoms with E-state index in [0.717, 1.165) is 22.8 Å². The van der Waals surface area contributed by atoms with E-state index in [4.69, 9.17) is 9.98 Å². The summed E-state index contributed by atoms with van der Waals surface area (Å²) in [6, 6.07) is 11.6. The maximum absolute atomic E-state index is 4.79. The lowest BCUT2D eigenvalue weighted by Gasteiger charge is -2.07. The predicted molar refractivity (Wildman–Crippen MR) is 154 cm³/mol. The first kappa shape index (κ1) is 32.5. The smallest absolute Gasteiger partial charge is 0.0894 e. The van der Waals surface area contributed by atoms with E-state index >= 15 is 0 Å². The first-order valence-corrected chi connectivity index (χ1v) is 12.0. The molecule has 0 bridgehead atoms. The number of pyridine rings is 2. The van der Waals surface area contributed by atoms with Gasteiger partial charge < -0.3 is 0 Å². The Morgan fingerprint density at radius 2 is 1.56 bits per heavy atom. The van der Waals surface area contributed by atoms with Crippen LogP contribution in [0.2, 0.25) is 0 Å². The molecule has 0 unspecified atom stereocenters. The molecule has 4 nitrogen and oxygen atoms in total. The monoisotopic (exact) mass is 458 g/mol. The second kappa shape index (κ2) is 22.5. The first-order chi connectivity index (χ1) is 16.7. The highest BCUT2D eigenvalue weighted by atomic mass is 14.9. The van der Waals surface area contributed by atoms with Crippen molar-refractivity contribution in [1.29, 1.82) is 0 Å². The van der Waals surface area contributed by atoms with Gasteiger partial charge in [0.15, 0.2) is 0 Å². The van der Waals surface area contributed by atoms with Gasteiger partial charge in [-0.3, -0.25) is 9.98 Å². The van der Waals surface area contributed by atoms with E-state index in [9.17, 15) is 0 Å². The summed E-state index contributed by atoms with van der Waals surface area (Å²) < 4.78 is 0. The zero-order chi connectivity index (χ0) is 26.2. The van der Waals surface area contributed by atoms with Crippen LogP contribution in [0.4, 0.5) is 0 Å². The lowest BCUT2D eigenvalue weighted by Crippen LogP contribution is -2.05. The summed E-state index contributed by atoms with van der Waals surface area (Å²) >= 11 is 0. The van der Waals surface area contributed by atoms with Crippen molar-refractivity contribution in [2.24, 2.45) is 9.98 Å². The molecule has 0 aliphatic carbocycles. The lowest BCUT2D eigenvalue weighted by atomic mass is 10.1. The third kappa shape index (κ3) is 11.8. The normalized spacial score (nSPS) is 11.5. The number of nitrogens with zero attached hydrogens (tertiary/aromatic N) is 4. The maximum Gasteiger partial charge on any atom is 0.0894 e.